The molecule has 1 aliphatic rings. The van der Waals surface area contributed by atoms with Gasteiger partial charge in [0.05, 0.1) is 0 Å². The minimum absolute atomic E-state index is 0.338. The summed E-state index contributed by atoms with van der Waals surface area (Å²) in [6.45, 7) is 2.21. The van der Waals surface area contributed by atoms with Gasteiger partial charge in [-0.1, -0.05) is 19.8 Å². The van der Waals surface area contributed by atoms with Crippen LogP contribution in [0.1, 0.15) is 44.2 Å². The summed E-state index contributed by atoms with van der Waals surface area (Å²) >= 11 is 1.54. The topological polar surface area (TPSA) is 49.3 Å². The highest BCUT2D eigenvalue weighted by Gasteiger charge is 2.28. The Hall–Kier alpha value is -0.870. The van der Waals surface area contributed by atoms with Gasteiger partial charge in [0.15, 0.2) is 0 Å². The Bertz CT molecular complexity index is 364. The maximum Gasteiger partial charge on any atom is 0.325 e. The van der Waals surface area contributed by atoms with Crippen LogP contribution in [0.3, 0.4) is 0 Å². The molecule has 2 rings (SSSR count). The minimum atomic E-state index is -0.777. The summed E-state index contributed by atoms with van der Waals surface area (Å²) < 4.78 is 0. The maximum atomic E-state index is 11.3. The van der Waals surface area contributed by atoms with E-state index >= 15 is 0 Å². The second-order valence-corrected chi connectivity index (χ2v) is 5.64. The van der Waals surface area contributed by atoms with Gasteiger partial charge in [0.2, 0.25) is 0 Å². The van der Waals surface area contributed by atoms with Crippen molar-refractivity contribution >= 4 is 17.3 Å². The van der Waals surface area contributed by atoms with E-state index in [9.17, 15) is 9.90 Å². The lowest BCUT2D eigenvalue weighted by Crippen LogP contribution is -2.42. The van der Waals surface area contributed by atoms with E-state index in [1.165, 1.54) is 19.3 Å². The van der Waals surface area contributed by atoms with Crippen LogP contribution in [0, 0.1) is 5.92 Å². The molecule has 0 bridgehead atoms. The summed E-state index contributed by atoms with van der Waals surface area (Å²) in [5.41, 5.74) is 0.875. The molecule has 1 fully saturated rings. The Morgan fingerprint density at radius 3 is 2.88 bits per heavy atom. The van der Waals surface area contributed by atoms with Gasteiger partial charge in [-0.3, -0.25) is 10.1 Å². The van der Waals surface area contributed by atoms with Crippen LogP contribution in [0.25, 0.3) is 0 Å². The molecule has 1 aliphatic carbocycles. The quantitative estimate of drug-likeness (QED) is 0.867. The fourth-order valence-electron chi connectivity index (χ4n) is 2.53. The molecule has 0 radical (unpaired) electrons. The zero-order valence-corrected chi connectivity index (χ0v) is 10.9. The van der Waals surface area contributed by atoms with Gasteiger partial charge in [-0.2, -0.15) is 11.3 Å². The first-order chi connectivity index (χ1) is 8.18. The lowest BCUT2D eigenvalue weighted by Gasteiger charge is -2.31. The summed E-state index contributed by atoms with van der Waals surface area (Å²) in [7, 11) is 0. The van der Waals surface area contributed by atoms with E-state index in [4.69, 9.17) is 0 Å². The molecular weight excluding hydrogens is 234 g/mol. The predicted molar refractivity (Wildman–Crippen MR) is 69.3 cm³/mol. The van der Waals surface area contributed by atoms with Crippen LogP contribution in [0.2, 0.25) is 0 Å². The molecular formula is C13H19NO2S. The smallest absolute Gasteiger partial charge is 0.325 e. The first kappa shape index (κ1) is 12.6. The van der Waals surface area contributed by atoms with Crippen LogP contribution in [-0.2, 0) is 4.79 Å². The standard InChI is InChI=1S/C13H19NO2S/c1-9-4-2-3-5-11(9)14-12(13(15)16)10-6-7-17-8-10/h6-9,11-12,14H,2-5H2,1H3,(H,15,16). The monoisotopic (exact) mass is 253 g/mol. The third-order valence-corrected chi connectivity index (χ3v) is 4.32. The molecule has 17 heavy (non-hydrogen) atoms. The number of carboxylic acids is 1. The van der Waals surface area contributed by atoms with Crippen molar-refractivity contribution in [3.05, 3.63) is 22.4 Å². The first-order valence-corrected chi connectivity index (χ1v) is 7.13. The van der Waals surface area contributed by atoms with Crippen molar-refractivity contribution in [2.24, 2.45) is 5.92 Å². The van der Waals surface area contributed by atoms with Crippen molar-refractivity contribution in [1.29, 1.82) is 0 Å². The molecule has 3 atom stereocenters. The summed E-state index contributed by atoms with van der Waals surface area (Å²) in [6, 6.07) is 1.68. The van der Waals surface area contributed by atoms with Gasteiger partial charge in [0.25, 0.3) is 0 Å². The highest BCUT2D eigenvalue weighted by Crippen LogP contribution is 2.27. The molecule has 94 valence electrons. The van der Waals surface area contributed by atoms with Gasteiger partial charge < -0.3 is 5.11 Å². The molecule has 0 aliphatic heterocycles. The second-order valence-electron chi connectivity index (χ2n) is 4.86. The number of carbonyl (C=O) groups is 1. The van der Waals surface area contributed by atoms with Gasteiger partial charge >= 0.3 is 5.97 Å². The molecule has 3 unspecified atom stereocenters. The van der Waals surface area contributed by atoms with E-state index in [1.807, 2.05) is 16.8 Å². The van der Waals surface area contributed by atoms with Crippen LogP contribution in [0.4, 0.5) is 0 Å². The largest absolute Gasteiger partial charge is 0.480 e. The van der Waals surface area contributed by atoms with Crippen molar-refractivity contribution in [2.75, 3.05) is 0 Å². The number of aliphatic carboxylic acids is 1. The van der Waals surface area contributed by atoms with Gasteiger partial charge in [-0.05, 0) is 41.1 Å². The van der Waals surface area contributed by atoms with Gasteiger partial charge in [0.1, 0.15) is 6.04 Å². The second kappa shape index (κ2) is 5.65. The number of thiophene rings is 1. The lowest BCUT2D eigenvalue weighted by atomic mass is 9.85. The normalized spacial score (nSPS) is 26.6. The van der Waals surface area contributed by atoms with Gasteiger partial charge in [-0.25, -0.2) is 0 Å². The van der Waals surface area contributed by atoms with Crippen LogP contribution in [0.5, 0.6) is 0 Å². The molecule has 2 N–H and O–H groups in total. The summed E-state index contributed by atoms with van der Waals surface area (Å²) in [5, 5.41) is 16.5. The summed E-state index contributed by atoms with van der Waals surface area (Å²) in [6.07, 6.45) is 4.77. The third-order valence-electron chi connectivity index (χ3n) is 3.62. The molecule has 0 amide bonds. The molecule has 1 aromatic rings. The summed E-state index contributed by atoms with van der Waals surface area (Å²) in [4.78, 5) is 11.3. The highest BCUT2D eigenvalue weighted by atomic mass is 32.1. The minimum Gasteiger partial charge on any atom is -0.480 e. The highest BCUT2D eigenvalue weighted by molar-refractivity contribution is 7.08. The van der Waals surface area contributed by atoms with Gasteiger partial charge in [0, 0.05) is 6.04 Å². The number of rotatable bonds is 4. The summed E-state index contributed by atoms with van der Waals surface area (Å²) in [5.74, 6) is -0.203. The Morgan fingerprint density at radius 1 is 1.53 bits per heavy atom. The third kappa shape index (κ3) is 3.07. The Labute approximate surface area is 106 Å². The molecule has 4 heteroatoms. The lowest BCUT2D eigenvalue weighted by molar-refractivity contribution is -0.140. The van der Waals surface area contributed by atoms with E-state index in [0.29, 0.717) is 12.0 Å². The van der Waals surface area contributed by atoms with Gasteiger partial charge in [-0.15, -0.1) is 0 Å². The molecule has 1 aromatic heterocycles. The molecule has 3 nitrogen and oxygen atoms in total. The van der Waals surface area contributed by atoms with Crippen LogP contribution >= 0.6 is 11.3 Å². The zero-order valence-electron chi connectivity index (χ0n) is 10.1. The van der Waals surface area contributed by atoms with E-state index in [2.05, 4.69) is 12.2 Å². The van der Waals surface area contributed by atoms with Crippen molar-refractivity contribution in [3.63, 3.8) is 0 Å². The molecule has 1 heterocycles. The number of nitrogens with one attached hydrogen (secondary N) is 1. The average Bonchev–Trinajstić information content (AvgIpc) is 2.81. The zero-order chi connectivity index (χ0) is 12.3. The first-order valence-electron chi connectivity index (χ1n) is 6.19. The van der Waals surface area contributed by atoms with E-state index < -0.39 is 12.0 Å². The van der Waals surface area contributed by atoms with Crippen LogP contribution < -0.4 is 5.32 Å². The molecule has 0 spiro atoms. The van der Waals surface area contributed by atoms with Crippen molar-refractivity contribution in [3.8, 4) is 0 Å². The SMILES string of the molecule is CC1CCCCC1NC(C(=O)O)c1ccsc1. The van der Waals surface area contributed by atoms with Crippen molar-refractivity contribution in [2.45, 2.75) is 44.7 Å². The maximum absolute atomic E-state index is 11.3. The average molecular weight is 253 g/mol. The van der Waals surface area contributed by atoms with E-state index in [-0.39, 0.29) is 0 Å². The number of hydrogen-bond donors (Lipinski definition) is 2. The Balaban J connectivity index is 2.05. The fraction of sp³-hybridized carbons (Fsp3) is 0.615. The molecule has 0 aromatic carbocycles. The van der Waals surface area contributed by atoms with Crippen molar-refractivity contribution < 1.29 is 9.90 Å². The molecule has 0 saturated heterocycles. The predicted octanol–water partition coefficient (Wildman–Crippen LogP) is 3.04. The van der Waals surface area contributed by atoms with E-state index in [1.54, 1.807) is 11.3 Å². The molecule has 1 saturated carbocycles. The fourth-order valence-corrected chi connectivity index (χ4v) is 3.21. The number of hydrogen-bond acceptors (Lipinski definition) is 3. The number of carboxylic acid groups (broad SMARTS) is 1. The van der Waals surface area contributed by atoms with Crippen LogP contribution in [0.15, 0.2) is 16.8 Å². The van der Waals surface area contributed by atoms with E-state index in [0.717, 1.165) is 12.0 Å². The van der Waals surface area contributed by atoms with Crippen molar-refractivity contribution in [1.82, 2.24) is 5.32 Å². The Kier molecular flexibility index (Phi) is 4.18. The van der Waals surface area contributed by atoms with Crippen LogP contribution in [-0.4, -0.2) is 17.1 Å². The Morgan fingerprint density at radius 2 is 2.29 bits per heavy atom.